The first-order valence-corrected chi connectivity index (χ1v) is 9.20. The second-order valence-electron chi connectivity index (χ2n) is 6.01. The molecule has 24 heavy (non-hydrogen) atoms. The molecule has 1 aliphatic heterocycles. The lowest BCUT2D eigenvalue weighted by atomic mass is 10.2. The molecule has 3 rings (SSSR count). The van der Waals surface area contributed by atoms with Gasteiger partial charge in [0.1, 0.15) is 0 Å². The van der Waals surface area contributed by atoms with Gasteiger partial charge in [0, 0.05) is 30.2 Å². The number of anilines is 1. The lowest BCUT2D eigenvalue weighted by molar-refractivity contribution is -0.120. The van der Waals surface area contributed by atoms with Gasteiger partial charge in [-0.3, -0.25) is 4.79 Å². The van der Waals surface area contributed by atoms with E-state index in [9.17, 15) is 4.79 Å². The molecular formula is C17H23N5OS. The van der Waals surface area contributed by atoms with Crippen molar-refractivity contribution in [2.45, 2.75) is 31.8 Å². The number of nitrogens with one attached hydrogen (secondary N) is 2. The van der Waals surface area contributed by atoms with Crippen LogP contribution >= 0.6 is 11.3 Å². The van der Waals surface area contributed by atoms with Crippen molar-refractivity contribution >= 4 is 23.1 Å². The van der Waals surface area contributed by atoms with Gasteiger partial charge in [-0.25, -0.2) is 0 Å². The molecule has 0 aromatic carbocycles. The fraction of sp³-hybridized carbons (Fsp3) is 0.471. The summed E-state index contributed by atoms with van der Waals surface area (Å²) in [6.45, 7) is 4.11. The summed E-state index contributed by atoms with van der Waals surface area (Å²) in [6.07, 6.45) is 3.94. The molecule has 0 saturated carbocycles. The standard InChI is InChI=1S/C17H23N5OS/c1-13(15-6-4-10-24-15)20-17(23)12-18-11-14-5-3-9-22(14)16-7-2-8-19-21-16/h2,4,6-8,10,13-14,18H,3,5,9,11-12H2,1H3,(H,20,23)/t13-,14-/m0/s1. The van der Waals surface area contributed by atoms with Crippen molar-refractivity contribution in [1.29, 1.82) is 0 Å². The number of amides is 1. The van der Waals surface area contributed by atoms with E-state index in [1.165, 1.54) is 4.88 Å². The van der Waals surface area contributed by atoms with Gasteiger partial charge in [-0.15, -0.1) is 16.4 Å². The molecule has 7 heteroatoms. The van der Waals surface area contributed by atoms with Gasteiger partial charge in [-0.2, -0.15) is 5.10 Å². The molecule has 1 amide bonds. The Hall–Kier alpha value is -1.99. The highest BCUT2D eigenvalue weighted by atomic mass is 32.1. The van der Waals surface area contributed by atoms with Crippen LogP contribution in [0.15, 0.2) is 35.8 Å². The zero-order chi connectivity index (χ0) is 16.8. The minimum absolute atomic E-state index is 0.0277. The largest absolute Gasteiger partial charge is 0.351 e. The van der Waals surface area contributed by atoms with Gasteiger partial charge in [0.25, 0.3) is 0 Å². The van der Waals surface area contributed by atoms with Crippen LogP contribution in [0.5, 0.6) is 0 Å². The van der Waals surface area contributed by atoms with Gasteiger partial charge in [0.15, 0.2) is 5.82 Å². The molecule has 3 heterocycles. The molecular weight excluding hydrogens is 322 g/mol. The fourth-order valence-corrected chi connectivity index (χ4v) is 3.78. The normalized spacial score (nSPS) is 18.5. The topological polar surface area (TPSA) is 70.2 Å². The molecule has 0 unspecified atom stereocenters. The first-order valence-electron chi connectivity index (χ1n) is 8.32. The Kier molecular flexibility index (Phi) is 5.77. The highest BCUT2D eigenvalue weighted by Gasteiger charge is 2.25. The van der Waals surface area contributed by atoms with Crippen molar-refractivity contribution in [1.82, 2.24) is 20.8 Å². The van der Waals surface area contributed by atoms with Crippen LogP contribution in [0.2, 0.25) is 0 Å². The Morgan fingerprint density at radius 3 is 3.12 bits per heavy atom. The van der Waals surface area contributed by atoms with Crippen LogP contribution in [0.25, 0.3) is 0 Å². The molecule has 6 nitrogen and oxygen atoms in total. The lowest BCUT2D eigenvalue weighted by Crippen LogP contribution is -2.42. The number of hydrogen-bond acceptors (Lipinski definition) is 6. The number of rotatable bonds is 7. The third-order valence-electron chi connectivity index (χ3n) is 4.24. The molecule has 0 aliphatic carbocycles. The van der Waals surface area contributed by atoms with Crippen LogP contribution in [-0.2, 0) is 4.79 Å². The summed E-state index contributed by atoms with van der Waals surface area (Å²) >= 11 is 1.66. The second kappa shape index (κ2) is 8.21. The minimum atomic E-state index is 0.0277. The van der Waals surface area contributed by atoms with Crippen LogP contribution in [0.4, 0.5) is 5.82 Å². The van der Waals surface area contributed by atoms with Gasteiger partial charge < -0.3 is 15.5 Å². The van der Waals surface area contributed by atoms with E-state index < -0.39 is 0 Å². The number of carbonyl (C=O) groups excluding carboxylic acids is 1. The van der Waals surface area contributed by atoms with Gasteiger partial charge in [-0.05, 0) is 43.3 Å². The van der Waals surface area contributed by atoms with Crippen LogP contribution in [0.1, 0.15) is 30.7 Å². The molecule has 2 aromatic heterocycles. The van der Waals surface area contributed by atoms with Crippen molar-refractivity contribution in [3.05, 3.63) is 40.7 Å². The van der Waals surface area contributed by atoms with Crippen molar-refractivity contribution in [2.75, 3.05) is 24.5 Å². The Bertz CT molecular complexity index is 634. The quantitative estimate of drug-likeness (QED) is 0.803. The molecule has 1 saturated heterocycles. The first-order chi connectivity index (χ1) is 11.7. The highest BCUT2D eigenvalue weighted by molar-refractivity contribution is 7.10. The summed E-state index contributed by atoms with van der Waals surface area (Å²) in [5, 5.41) is 16.5. The van der Waals surface area contributed by atoms with E-state index in [1.807, 2.05) is 36.6 Å². The van der Waals surface area contributed by atoms with Gasteiger partial charge in [0.2, 0.25) is 5.91 Å². The number of aromatic nitrogens is 2. The van der Waals surface area contributed by atoms with Crippen LogP contribution in [0, 0.1) is 0 Å². The Labute approximate surface area is 146 Å². The average Bonchev–Trinajstić information content (AvgIpc) is 3.27. The van der Waals surface area contributed by atoms with E-state index in [0.717, 1.165) is 31.7 Å². The van der Waals surface area contributed by atoms with Crippen molar-refractivity contribution < 1.29 is 4.79 Å². The lowest BCUT2D eigenvalue weighted by Gasteiger charge is -2.25. The molecule has 0 radical (unpaired) electrons. The first kappa shape index (κ1) is 16.9. The Balaban J connectivity index is 1.43. The summed E-state index contributed by atoms with van der Waals surface area (Å²) in [4.78, 5) is 15.5. The smallest absolute Gasteiger partial charge is 0.234 e. The molecule has 2 atom stereocenters. The van der Waals surface area contributed by atoms with E-state index in [2.05, 4.69) is 25.7 Å². The maximum absolute atomic E-state index is 12.1. The van der Waals surface area contributed by atoms with Crippen molar-refractivity contribution in [3.63, 3.8) is 0 Å². The van der Waals surface area contributed by atoms with Crippen LogP contribution in [-0.4, -0.2) is 41.8 Å². The molecule has 1 aliphatic rings. The summed E-state index contributed by atoms with van der Waals surface area (Å²) in [7, 11) is 0. The Morgan fingerprint density at radius 1 is 1.46 bits per heavy atom. The van der Waals surface area contributed by atoms with Crippen LogP contribution < -0.4 is 15.5 Å². The second-order valence-corrected chi connectivity index (χ2v) is 6.99. The third-order valence-corrected chi connectivity index (χ3v) is 5.30. The van der Waals surface area contributed by atoms with Gasteiger partial charge in [0.05, 0.1) is 12.6 Å². The zero-order valence-corrected chi connectivity index (χ0v) is 14.6. The Morgan fingerprint density at radius 2 is 2.38 bits per heavy atom. The molecule has 0 spiro atoms. The van der Waals surface area contributed by atoms with E-state index >= 15 is 0 Å². The molecule has 128 valence electrons. The van der Waals surface area contributed by atoms with Crippen LogP contribution in [0.3, 0.4) is 0 Å². The number of thiophene rings is 1. The average molecular weight is 345 g/mol. The van der Waals surface area contributed by atoms with Crippen molar-refractivity contribution in [3.8, 4) is 0 Å². The number of hydrogen-bond donors (Lipinski definition) is 2. The number of carbonyl (C=O) groups is 1. The van der Waals surface area contributed by atoms with E-state index in [4.69, 9.17) is 0 Å². The molecule has 0 bridgehead atoms. The molecule has 1 fully saturated rings. The predicted octanol–water partition coefficient (Wildman–Crippen LogP) is 1.97. The maximum atomic E-state index is 12.1. The SMILES string of the molecule is C[C@H](NC(=O)CNC[C@@H]1CCCN1c1cccnn1)c1cccs1. The van der Waals surface area contributed by atoms with Crippen molar-refractivity contribution in [2.24, 2.45) is 0 Å². The molecule has 2 aromatic rings. The van der Waals surface area contributed by atoms with E-state index in [1.54, 1.807) is 17.5 Å². The van der Waals surface area contributed by atoms with E-state index in [0.29, 0.717) is 12.6 Å². The third kappa shape index (κ3) is 4.30. The van der Waals surface area contributed by atoms with Gasteiger partial charge in [-0.1, -0.05) is 6.07 Å². The highest BCUT2D eigenvalue weighted by Crippen LogP contribution is 2.22. The zero-order valence-electron chi connectivity index (χ0n) is 13.8. The summed E-state index contributed by atoms with van der Waals surface area (Å²) in [5.74, 6) is 0.942. The summed E-state index contributed by atoms with van der Waals surface area (Å²) in [6, 6.07) is 8.36. The molecule has 2 N–H and O–H groups in total. The maximum Gasteiger partial charge on any atom is 0.234 e. The van der Waals surface area contributed by atoms with E-state index in [-0.39, 0.29) is 11.9 Å². The predicted molar refractivity (Wildman–Crippen MR) is 96.1 cm³/mol. The monoisotopic (exact) mass is 345 g/mol. The minimum Gasteiger partial charge on any atom is -0.351 e. The fourth-order valence-electron chi connectivity index (χ4n) is 3.05. The number of nitrogens with zero attached hydrogens (tertiary/aromatic N) is 3. The summed E-state index contributed by atoms with van der Waals surface area (Å²) in [5.41, 5.74) is 0. The van der Waals surface area contributed by atoms with Gasteiger partial charge >= 0.3 is 0 Å². The summed E-state index contributed by atoms with van der Waals surface area (Å²) < 4.78 is 0.